The van der Waals surface area contributed by atoms with E-state index in [0.717, 1.165) is 5.56 Å². The number of hydrogen-bond donors (Lipinski definition) is 0. The quantitative estimate of drug-likeness (QED) is 0.655. The molecule has 0 saturated heterocycles. The Bertz CT molecular complexity index is 434. The lowest BCUT2D eigenvalue weighted by molar-refractivity contribution is -0.120. The molecule has 1 aromatic carbocycles. The topological polar surface area (TPSA) is 43.4 Å². The van der Waals surface area contributed by atoms with Gasteiger partial charge in [0.05, 0.1) is 5.56 Å². The average molecular weight is 204 g/mol. The van der Waals surface area contributed by atoms with Crippen LogP contribution in [0.4, 0.5) is 0 Å². The number of hydrogen-bond acceptors (Lipinski definition) is 3. The molecule has 3 heteroatoms. The molecule has 0 unspecified atom stereocenters. The Balaban J connectivity index is 2.45. The standard InChI is InChI=1S/C12H12O3/c1-7-3-4-11-9(5-7)12(14)10(6-15-11)8(2)13/h3-5,10H,6H2,1-2H3/t10-/m0/s1. The average Bonchev–Trinajstić information content (AvgIpc) is 2.19. The van der Waals surface area contributed by atoms with Gasteiger partial charge in [-0.25, -0.2) is 0 Å². The summed E-state index contributed by atoms with van der Waals surface area (Å²) in [4.78, 5) is 23.1. The zero-order valence-electron chi connectivity index (χ0n) is 8.74. The van der Waals surface area contributed by atoms with Gasteiger partial charge < -0.3 is 4.74 Å². The van der Waals surface area contributed by atoms with Crippen molar-refractivity contribution < 1.29 is 14.3 Å². The van der Waals surface area contributed by atoms with E-state index in [1.54, 1.807) is 12.1 Å². The Hall–Kier alpha value is -1.64. The second kappa shape index (κ2) is 3.50. The Morgan fingerprint density at radius 3 is 2.87 bits per heavy atom. The molecule has 3 nitrogen and oxygen atoms in total. The number of carbonyl (C=O) groups is 2. The lowest BCUT2D eigenvalue weighted by Gasteiger charge is -2.22. The first-order valence-electron chi connectivity index (χ1n) is 4.87. The molecule has 15 heavy (non-hydrogen) atoms. The van der Waals surface area contributed by atoms with Crippen LogP contribution in [-0.4, -0.2) is 18.2 Å². The van der Waals surface area contributed by atoms with E-state index in [4.69, 9.17) is 4.74 Å². The number of carbonyl (C=O) groups excluding carboxylic acids is 2. The normalized spacial score (nSPS) is 19.3. The van der Waals surface area contributed by atoms with Crippen molar-refractivity contribution in [3.63, 3.8) is 0 Å². The summed E-state index contributed by atoms with van der Waals surface area (Å²) in [6, 6.07) is 5.44. The number of fused-ring (bicyclic) bond motifs is 1. The molecule has 2 rings (SSSR count). The van der Waals surface area contributed by atoms with Crippen LogP contribution in [-0.2, 0) is 4.79 Å². The first kappa shape index (κ1) is 9.90. The SMILES string of the molecule is CC(=O)[C@@H]1COc2ccc(C)cc2C1=O. The number of rotatable bonds is 1. The van der Waals surface area contributed by atoms with Crippen molar-refractivity contribution in [1.29, 1.82) is 0 Å². The van der Waals surface area contributed by atoms with E-state index in [0.29, 0.717) is 11.3 Å². The summed E-state index contributed by atoms with van der Waals surface area (Å²) >= 11 is 0. The first-order valence-corrected chi connectivity index (χ1v) is 4.87. The van der Waals surface area contributed by atoms with Gasteiger partial charge in [-0.05, 0) is 26.0 Å². The third kappa shape index (κ3) is 1.65. The molecule has 1 atom stereocenters. The van der Waals surface area contributed by atoms with Gasteiger partial charge in [-0.1, -0.05) is 11.6 Å². The highest BCUT2D eigenvalue weighted by Crippen LogP contribution is 2.28. The summed E-state index contributed by atoms with van der Waals surface area (Å²) in [5.74, 6) is -0.290. The van der Waals surface area contributed by atoms with Crippen LogP contribution in [0.25, 0.3) is 0 Å². The summed E-state index contributed by atoms with van der Waals surface area (Å²) in [5, 5.41) is 0. The van der Waals surface area contributed by atoms with Crippen molar-refractivity contribution in [2.45, 2.75) is 13.8 Å². The van der Waals surface area contributed by atoms with Crippen molar-refractivity contribution in [3.05, 3.63) is 29.3 Å². The minimum atomic E-state index is -0.626. The minimum absolute atomic E-state index is 0.118. The maximum Gasteiger partial charge on any atom is 0.180 e. The van der Waals surface area contributed by atoms with E-state index >= 15 is 0 Å². The van der Waals surface area contributed by atoms with Crippen LogP contribution in [0.5, 0.6) is 5.75 Å². The molecule has 0 fully saturated rings. The predicted octanol–water partition coefficient (Wildman–Crippen LogP) is 1.78. The summed E-state index contributed by atoms with van der Waals surface area (Å²) in [6.07, 6.45) is 0. The number of ketones is 2. The highest BCUT2D eigenvalue weighted by Gasteiger charge is 2.31. The zero-order chi connectivity index (χ0) is 11.0. The van der Waals surface area contributed by atoms with Crippen molar-refractivity contribution >= 4 is 11.6 Å². The fourth-order valence-corrected chi connectivity index (χ4v) is 1.70. The van der Waals surface area contributed by atoms with Crippen LogP contribution in [0.1, 0.15) is 22.8 Å². The van der Waals surface area contributed by atoms with E-state index in [1.807, 2.05) is 13.0 Å². The zero-order valence-corrected chi connectivity index (χ0v) is 8.74. The van der Waals surface area contributed by atoms with E-state index in [9.17, 15) is 9.59 Å². The molecule has 0 N–H and O–H groups in total. The third-order valence-electron chi connectivity index (χ3n) is 2.61. The van der Waals surface area contributed by atoms with E-state index in [2.05, 4.69) is 0 Å². The van der Waals surface area contributed by atoms with Crippen molar-refractivity contribution in [1.82, 2.24) is 0 Å². The van der Waals surface area contributed by atoms with Crippen LogP contribution < -0.4 is 4.74 Å². The molecule has 0 radical (unpaired) electrons. The molecule has 0 aliphatic carbocycles. The van der Waals surface area contributed by atoms with E-state index in [1.165, 1.54) is 6.92 Å². The van der Waals surface area contributed by atoms with Gasteiger partial charge in [0.2, 0.25) is 0 Å². The Kier molecular flexibility index (Phi) is 2.31. The van der Waals surface area contributed by atoms with Gasteiger partial charge in [-0.2, -0.15) is 0 Å². The second-order valence-corrected chi connectivity index (χ2v) is 3.84. The second-order valence-electron chi connectivity index (χ2n) is 3.84. The maximum atomic E-state index is 11.9. The fraction of sp³-hybridized carbons (Fsp3) is 0.333. The number of benzene rings is 1. The third-order valence-corrected chi connectivity index (χ3v) is 2.61. The van der Waals surface area contributed by atoms with Gasteiger partial charge in [0.25, 0.3) is 0 Å². The van der Waals surface area contributed by atoms with Crippen molar-refractivity contribution in [3.8, 4) is 5.75 Å². The number of Topliss-reactive ketones (excluding diaryl/α,β-unsaturated/α-hetero) is 2. The van der Waals surface area contributed by atoms with Gasteiger partial charge >= 0.3 is 0 Å². The Morgan fingerprint density at radius 1 is 1.47 bits per heavy atom. The molecule has 0 aromatic heterocycles. The van der Waals surface area contributed by atoms with Crippen molar-refractivity contribution in [2.24, 2.45) is 5.92 Å². The molecule has 0 bridgehead atoms. The van der Waals surface area contributed by atoms with Gasteiger partial charge in [0.15, 0.2) is 5.78 Å². The molecular formula is C12H12O3. The highest BCUT2D eigenvalue weighted by molar-refractivity contribution is 6.12. The number of ether oxygens (including phenoxy) is 1. The van der Waals surface area contributed by atoms with Gasteiger partial charge in [0.1, 0.15) is 24.1 Å². The summed E-state index contributed by atoms with van der Waals surface area (Å²) < 4.78 is 5.38. The molecule has 78 valence electrons. The molecule has 0 amide bonds. The van der Waals surface area contributed by atoms with Gasteiger partial charge in [-0.15, -0.1) is 0 Å². The van der Waals surface area contributed by atoms with Gasteiger partial charge in [0, 0.05) is 0 Å². The molecule has 1 aromatic rings. The molecule has 1 aliphatic heterocycles. The monoisotopic (exact) mass is 204 g/mol. The van der Waals surface area contributed by atoms with Crippen LogP contribution in [0.15, 0.2) is 18.2 Å². The van der Waals surface area contributed by atoms with Crippen LogP contribution in [0.2, 0.25) is 0 Å². The van der Waals surface area contributed by atoms with Crippen LogP contribution >= 0.6 is 0 Å². The predicted molar refractivity (Wildman–Crippen MR) is 55.2 cm³/mol. The first-order chi connectivity index (χ1) is 7.09. The molecule has 0 spiro atoms. The molecule has 1 aliphatic rings. The fourth-order valence-electron chi connectivity index (χ4n) is 1.70. The number of aryl methyl sites for hydroxylation is 1. The Morgan fingerprint density at radius 2 is 2.20 bits per heavy atom. The van der Waals surface area contributed by atoms with Crippen LogP contribution in [0.3, 0.4) is 0 Å². The smallest absolute Gasteiger partial charge is 0.180 e. The lowest BCUT2D eigenvalue weighted by atomic mass is 9.91. The Labute approximate surface area is 88.1 Å². The summed E-state index contributed by atoms with van der Waals surface area (Å²) in [5.41, 5.74) is 1.52. The van der Waals surface area contributed by atoms with Crippen molar-refractivity contribution in [2.75, 3.05) is 6.61 Å². The lowest BCUT2D eigenvalue weighted by Crippen LogP contribution is -2.32. The highest BCUT2D eigenvalue weighted by atomic mass is 16.5. The maximum absolute atomic E-state index is 11.9. The molecular weight excluding hydrogens is 192 g/mol. The molecule has 1 heterocycles. The van der Waals surface area contributed by atoms with E-state index in [-0.39, 0.29) is 18.2 Å². The van der Waals surface area contributed by atoms with Gasteiger partial charge in [-0.3, -0.25) is 9.59 Å². The molecule has 0 saturated carbocycles. The summed E-state index contributed by atoms with van der Waals surface area (Å²) in [7, 11) is 0. The van der Waals surface area contributed by atoms with Crippen LogP contribution in [0, 0.1) is 12.8 Å². The summed E-state index contributed by atoms with van der Waals surface area (Å²) in [6.45, 7) is 3.50. The minimum Gasteiger partial charge on any atom is -0.492 e. The largest absolute Gasteiger partial charge is 0.492 e. The van der Waals surface area contributed by atoms with E-state index < -0.39 is 5.92 Å².